The largest absolute Gasteiger partial charge is 0.493 e. The lowest BCUT2D eigenvalue weighted by Gasteiger charge is -2.09. The van der Waals surface area contributed by atoms with Crippen molar-refractivity contribution in [2.45, 2.75) is 6.42 Å². The van der Waals surface area contributed by atoms with Gasteiger partial charge in [-0.1, -0.05) is 22.0 Å². The number of benzene rings is 1. The second kappa shape index (κ2) is 7.59. The first-order valence-electron chi connectivity index (χ1n) is 6.37. The second-order valence-corrected chi connectivity index (χ2v) is 5.23. The van der Waals surface area contributed by atoms with Gasteiger partial charge in [-0.15, -0.1) is 0 Å². The third-order valence-electron chi connectivity index (χ3n) is 2.75. The summed E-state index contributed by atoms with van der Waals surface area (Å²) >= 11 is 3.36. The minimum absolute atomic E-state index is 0.501. The first-order chi connectivity index (χ1) is 10.1. The number of aliphatic carboxylic acids is 1. The van der Waals surface area contributed by atoms with Crippen LogP contribution in [-0.4, -0.2) is 22.7 Å². The molecule has 2 rings (SSSR count). The van der Waals surface area contributed by atoms with Crippen LogP contribution in [0.3, 0.4) is 0 Å². The number of hydrogen-bond acceptors (Lipinski definition) is 3. The Kier molecular flexibility index (Phi) is 5.51. The molecule has 108 valence electrons. The van der Waals surface area contributed by atoms with Gasteiger partial charge in [0, 0.05) is 34.9 Å². The molecule has 21 heavy (non-hydrogen) atoms. The summed E-state index contributed by atoms with van der Waals surface area (Å²) in [6, 6.07) is 9.37. The fourth-order valence-corrected chi connectivity index (χ4v) is 2.15. The molecule has 0 fully saturated rings. The van der Waals surface area contributed by atoms with E-state index in [1.807, 2.05) is 30.3 Å². The van der Waals surface area contributed by atoms with Gasteiger partial charge in [0.1, 0.15) is 5.75 Å². The van der Waals surface area contributed by atoms with Crippen LogP contribution in [0.5, 0.6) is 5.75 Å². The molecule has 4 nitrogen and oxygen atoms in total. The van der Waals surface area contributed by atoms with E-state index in [-0.39, 0.29) is 0 Å². The van der Waals surface area contributed by atoms with Gasteiger partial charge in [0.25, 0.3) is 0 Å². The highest BCUT2D eigenvalue weighted by molar-refractivity contribution is 9.10. The first-order valence-corrected chi connectivity index (χ1v) is 7.17. The van der Waals surface area contributed by atoms with Gasteiger partial charge in [-0.3, -0.25) is 4.98 Å². The van der Waals surface area contributed by atoms with Gasteiger partial charge in [0.2, 0.25) is 0 Å². The zero-order valence-electron chi connectivity index (χ0n) is 11.2. The average molecular weight is 348 g/mol. The van der Waals surface area contributed by atoms with E-state index in [1.165, 1.54) is 6.08 Å². The van der Waals surface area contributed by atoms with Crippen LogP contribution in [-0.2, 0) is 11.2 Å². The SMILES string of the molecule is O=C(O)C=Cc1cc(Br)ccc1OCCc1cccnc1. The summed E-state index contributed by atoms with van der Waals surface area (Å²) in [7, 11) is 0. The summed E-state index contributed by atoms with van der Waals surface area (Å²) in [6.45, 7) is 0.501. The van der Waals surface area contributed by atoms with Crippen molar-refractivity contribution in [2.75, 3.05) is 6.61 Å². The van der Waals surface area contributed by atoms with Gasteiger partial charge in [-0.05, 0) is 35.9 Å². The molecule has 0 radical (unpaired) electrons. The summed E-state index contributed by atoms with van der Waals surface area (Å²) in [4.78, 5) is 14.7. The molecule has 1 aromatic heterocycles. The Morgan fingerprint density at radius 1 is 1.38 bits per heavy atom. The third kappa shape index (κ3) is 5.04. The molecule has 0 saturated heterocycles. The predicted molar refractivity (Wildman–Crippen MR) is 84.2 cm³/mol. The first kappa shape index (κ1) is 15.3. The maximum absolute atomic E-state index is 10.6. The lowest BCUT2D eigenvalue weighted by Crippen LogP contribution is -2.02. The maximum Gasteiger partial charge on any atom is 0.328 e. The minimum Gasteiger partial charge on any atom is -0.493 e. The van der Waals surface area contributed by atoms with Crippen LogP contribution in [0.4, 0.5) is 0 Å². The van der Waals surface area contributed by atoms with Gasteiger partial charge in [-0.2, -0.15) is 0 Å². The van der Waals surface area contributed by atoms with Crippen LogP contribution >= 0.6 is 15.9 Å². The summed E-state index contributed by atoms with van der Waals surface area (Å²) in [5, 5.41) is 8.71. The quantitative estimate of drug-likeness (QED) is 0.811. The van der Waals surface area contributed by atoms with Crippen LogP contribution in [0.15, 0.2) is 53.3 Å². The summed E-state index contributed by atoms with van der Waals surface area (Å²) < 4.78 is 6.60. The Bertz CT molecular complexity index is 641. The van der Waals surface area contributed by atoms with Gasteiger partial charge in [0.05, 0.1) is 6.61 Å². The van der Waals surface area contributed by atoms with E-state index < -0.39 is 5.97 Å². The number of nitrogens with zero attached hydrogens (tertiary/aromatic N) is 1. The Balaban J connectivity index is 2.03. The van der Waals surface area contributed by atoms with Gasteiger partial charge >= 0.3 is 5.97 Å². The lowest BCUT2D eigenvalue weighted by atomic mass is 10.2. The van der Waals surface area contributed by atoms with Crippen LogP contribution in [0.25, 0.3) is 6.08 Å². The van der Waals surface area contributed by atoms with Crippen molar-refractivity contribution in [3.8, 4) is 5.75 Å². The van der Waals surface area contributed by atoms with Crippen LogP contribution in [0, 0.1) is 0 Å². The molecule has 0 amide bonds. The monoisotopic (exact) mass is 347 g/mol. The van der Waals surface area contributed by atoms with E-state index in [0.717, 1.165) is 28.1 Å². The van der Waals surface area contributed by atoms with Gasteiger partial charge < -0.3 is 9.84 Å². The van der Waals surface area contributed by atoms with Crippen molar-refractivity contribution < 1.29 is 14.6 Å². The van der Waals surface area contributed by atoms with E-state index >= 15 is 0 Å². The predicted octanol–water partition coefficient (Wildman–Crippen LogP) is 3.56. The molecule has 0 aliphatic heterocycles. The molecule has 0 unspecified atom stereocenters. The smallest absolute Gasteiger partial charge is 0.328 e. The van der Waals surface area contributed by atoms with E-state index in [0.29, 0.717) is 12.4 Å². The number of pyridine rings is 1. The van der Waals surface area contributed by atoms with E-state index in [1.54, 1.807) is 12.4 Å². The molecule has 0 atom stereocenters. The standard InChI is InChI=1S/C16H14BrNO3/c17-14-4-5-15(13(10-14)3-6-16(19)20)21-9-7-12-2-1-8-18-11-12/h1-6,8,10-11H,7,9H2,(H,19,20). The topological polar surface area (TPSA) is 59.4 Å². The molecule has 0 aliphatic rings. The van der Waals surface area contributed by atoms with Crippen LogP contribution in [0.1, 0.15) is 11.1 Å². The van der Waals surface area contributed by atoms with Crippen molar-refractivity contribution in [3.63, 3.8) is 0 Å². The Morgan fingerprint density at radius 2 is 2.24 bits per heavy atom. The Morgan fingerprint density at radius 3 is 2.95 bits per heavy atom. The normalized spacial score (nSPS) is 10.7. The highest BCUT2D eigenvalue weighted by Crippen LogP contribution is 2.24. The molecule has 2 aromatic rings. The number of hydrogen-bond donors (Lipinski definition) is 1. The van der Waals surface area contributed by atoms with Crippen molar-refractivity contribution in [1.29, 1.82) is 0 Å². The minimum atomic E-state index is -0.990. The number of rotatable bonds is 6. The summed E-state index contributed by atoms with van der Waals surface area (Å²) in [5.74, 6) is -0.337. The Hall–Kier alpha value is -2.14. The zero-order chi connectivity index (χ0) is 15.1. The molecular weight excluding hydrogens is 334 g/mol. The molecule has 1 heterocycles. The molecule has 0 aliphatic carbocycles. The average Bonchev–Trinajstić information content (AvgIpc) is 2.48. The molecular formula is C16H14BrNO3. The van der Waals surface area contributed by atoms with Crippen molar-refractivity contribution in [3.05, 3.63) is 64.4 Å². The van der Waals surface area contributed by atoms with Gasteiger partial charge in [-0.25, -0.2) is 4.79 Å². The summed E-state index contributed by atoms with van der Waals surface area (Å²) in [5.41, 5.74) is 1.82. The number of halogens is 1. The van der Waals surface area contributed by atoms with Crippen molar-refractivity contribution in [2.24, 2.45) is 0 Å². The fourth-order valence-electron chi connectivity index (χ4n) is 1.77. The molecule has 0 spiro atoms. The van der Waals surface area contributed by atoms with Crippen molar-refractivity contribution in [1.82, 2.24) is 4.98 Å². The molecule has 0 saturated carbocycles. The number of ether oxygens (including phenoxy) is 1. The lowest BCUT2D eigenvalue weighted by molar-refractivity contribution is -0.131. The second-order valence-electron chi connectivity index (χ2n) is 4.31. The number of carbonyl (C=O) groups is 1. The summed E-state index contributed by atoms with van der Waals surface area (Å²) in [6.07, 6.45) is 6.89. The third-order valence-corrected chi connectivity index (χ3v) is 3.24. The Labute approximate surface area is 131 Å². The van der Waals surface area contributed by atoms with Crippen LogP contribution < -0.4 is 4.74 Å². The molecule has 1 N–H and O–H groups in total. The fraction of sp³-hybridized carbons (Fsp3) is 0.125. The number of aromatic nitrogens is 1. The van der Waals surface area contributed by atoms with Gasteiger partial charge in [0.15, 0.2) is 0 Å². The van der Waals surface area contributed by atoms with E-state index in [2.05, 4.69) is 20.9 Å². The molecule has 0 bridgehead atoms. The highest BCUT2D eigenvalue weighted by Gasteiger charge is 2.03. The maximum atomic E-state index is 10.6. The van der Waals surface area contributed by atoms with E-state index in [4.69, 9.17) is 9.84 Å². The number of carboxylic acids is 1. The van der Waals surface area contributed by atoms with E-state index in [9.17, 15) is 4.79 Å². The number of carboxylic acid groups (broad SMARTS) is 1. The molecule has 5 heteroatoms. The zero-order valence-corrected chi connectivity index (χ0v) is 12.8. The highest BCUT2D eigenvalue weighted by atomic mass is 79.9. The molecule has 1 aromatic carbocycles. The van der Waals surface area contributed by atoms with Crippen LogP contribution in [0.2, 0.25) is 0 Å². The van der Waals surface area contributed by atoms with Crippen molar-refractivity contribution >= 4 is 28.0 Å².